The zero-order valence-corrected chi connectivity index (χ0v) is 19.9. The molecule has 1 amide bonds. The van der Waals surface area contributed by atoms with E-state index in [0.717, 1.165) is 33.0 Å². The fraction of sp³-hybridized carbons (Fsp3) is 0.208. The molecule has 0 spiro atoms. The van der Waals surface area contributed by atoms with E-state index in [4.69, 9.17) is 9.15 Å². The SMILES string of the molecule is COc1ccc([N+](=O)[O-])cc1N(CCCC(=O)Nc1ccc2c(c1)oc1ccccc12)S(C)(=O)=O. The number of sulfonamides is 1. The number of hydrogen-bond donors (Lipinski definition) is 1. The summed E-state index contributed by atoms with van der Waals surface area (Å²) in [6, 6.07) is 16.7. The van der Waals surface area contributed by atoms with Gasteiger partial charge in [-0.3, -0.25) is 19.2 Å². The highest BCUT2D eigenvalue weighted by atomic mass is 32.2. The highest BCUT2D eigenvalue weighted by molar-refractivity contribution is 7.92. The first kappa shape index (κ1) is 24.0. The number of ether oxygens (including phenoxy) is 1. The third kappa shape index (κ3) is 5.19. The van der Waals surface area contributed by atoms with E-state index in [0.29, 0.717) is 11.3 Å². The lowest BCUT2D eigenvalue weighted by Crippen LogP contribution is -2.32. The van der Waals surface area contributed by atoms with E-state index >= 15 is 0 Å². The Morgan fingerprint density at radius 2 is 1.83 bits per heavy atom. The van der Waals surface area contributed by atoms with Crippen LogP contribution in [0.15, 0.2) is 65.1 Å². The number of furan rings is 1. The maximum atomic E-state index is 12.5. The van der Waals surface area contributed by atoms with Gasteiger partial charge in [0.05, 0.1) is 18.3 Å². The van der Waals surface area contributed by atoms with Gasteiger partial charge in [0.2, 0.25) is 15.9 Å². The van der Waals surface area contributed by atoms with Crippen molar-refractivity contribution in [3.05, 3.63) is 70.8 Å². The molecule has 4 aromatic rings. The Kier molecular flexibility index (Phi) is 6.61. The van der Waals surface area contributed by atoms with Gasteiger partial charge in [0, 0.05) is 47.6 Å². The molecule has 182 valence electrons. The largest absolute Gasteiger partial charge is 0.495 e. The summed E-state index contributed by atoms with van der Waals surface area (Å²) in [6.45, 7) is -0.0631. The smallest absolute Gasteiger partial charge is 0.271 e. The van der Waals surface area contributed by atoms with Gasteiger partial charge in [-0.25, -0.2) is 8.42 Å². The van der Waals surface area contributed by atoms with Crippen LogP contribution in [0.4, 0.5) is 17.1 Å². The first-order valence-corrected chi connectivity index (χ1v) is 12.5. The van der Waals surface area contributed by atoms with Gasteiger partial charge >= 0.3 is 0 Å². The van der Waals surface area contributed by atoms with Crippen molar-refractivity contribution >= 4 is 54.9 Å². The number of nitro groups is 1. The van der Waals surface area contributed by atoms with E-state index in [-0.39, 0.29) is 42.4 Å². The number of amides is 1. The highest BCUT2D eigenvalue weighted by Crippen LogP contribution is 2.34. The monoisotopic (exact) mass is 497 g/mol. The van der Waals surface area contributed by atoms with E-state index in [1.165, 1.54) is 19.2 Å². The molecule has 0 radical (unpaired) electrons. The second-order valence-corrected chi connectivity index (χ2v) is 9.82. The second-order valence-electron chi connectivity index (χ2n) is 7.91. The number of nitro benzene ring substituents is 1. The topological polar surface area (TPSA) is 132 Å². The van der Waals surface area contributed by atoms with Gasteiger partial charge in [0.25, 0.3) is 5.69 Å². The van der Waals surface area contributed by atoms with Crippen molar-refractivity contribution in [3.8, 4) is 5.75 Å². The molecule has 4 rings (SSSR count). The van der Waals surface area contributed by atoms with E-state index in [2.05, 4.69) is 5.32 Å². The first-order chi connectivity index (χ1) is 16.7. The van der Waals surface area contributed by atoms with Crippen LogP contribution in [0, 0.1) is 10.1 Å². The van der Waals surface area contributed by atoms with Crippen LogP contribution in [0.25, 0.3) is 21.9 Å². The summed E-state index contributed by atoms with van der Waals surface area (Å²) in [5, 5.41) is 15.9. The number of para-hydroxylation sites is 1. The minimum atomic E-state index is -3.80. The number of fused-ring (bicyclic) bond motifs is 3. The third-order valence-electron chi connectivity index (χ3n) is 5.47. The molecular formula is C24H23N3O7S. The number of nitrogens with zero attached hydrogens (tertiary/aromatic N) is 2. The zero-order chi connectivity index (χ0) is 25.2. The minimum Gasteiger partial charge on any atom is -0.495 e. The van der Waals surface area contributed by atoms with Gasteiger partial charge in [0.1, 0.15) is 22.6 Å². The van der Waals surface area contributed by atoms with Crippen LogP contribution in [0.5, 0.6) is 5.75 Å². The Balaban J connectivity index is 1.46. The number of anilines is 2. The lowest BCUT2D eigenvalue weighted by atomic mass is 10.1. The highest BCUT2D eigenvalue weighted by Gasteiger charge is 2.24. The first-order valence-electron chi connectivity index (χ1n) is 10.7. The predicted molar refractivity (Wildman–Crippen MR) is 133 cm³/mol. The Bertz CT molecular complexity index is 1530. The van der Waals surface area contributed by atoms with E-state index < -0.39 is 14.9 Å². The number of methoxy groups -OCH3 is 1. The second kappa shape index (κ2) is 9.63. The van der Waals surface area contributed by atoms with Crippen LogP contribution in [0.3, 0.4) is 0 Å². The van der Waals surface area contributed by atoms with Crippen LogP contribution in [0.2, 0.25) is 0 Å². The molecule has 0 saturated carbocycles. The Labute approximate surface area is 201 Å². The molecule has 1 heterocycles. The number of hydrogen-bond acceptors (Lipinski definition) is 7. The molecule has 3 aromatic carbocycles. The standard InChI is InChI=1S/C24H23N3O7S/c1-33-22-12-10-17(27(29)30)15-20(22)26(35(2,31)32)13-5-8-24(28)25-16-9-11-19-18-6-3-4-7-21(18)34-23(19)14-16/h3-4,6-7,9-12,14-15H,5,8,13H2,1-2H3,(H,25,28). The molecule has 10 nitrogen and oxygen atoms in total. The van der Waals surface area contributed by atoms with Gasteiger partial charge in [-0.05, 0) is 30.7 Å². The number of carbonyl (C=O) groups excluding carboxylic acids is 1. The molecular weight excluding hydrogens is 474 g/mol. The third-order valence-corrected chi connectivity index (χ3v) is 6.65. The van der Waals surface area contributed by atoms with Crippen LogP contribution in [-0.4, -0.2) is 39.2 Å². The lowest BCUT2D eigenvalue weighted by molar-refractivity contribution is -0.384. The van der Waals surface area contributed by atoms with Crippen molar-refractivity contribution in [2.45, 2.75) is 12.8 Å². The Morgan fingerprint density at radius 1 is 1.09 bits per heavy atom. The van der Waals surface area contributed by atoms with E-state index in [1.807, 2.05) is 30.3 Å². The lowest BCUT2D eigenvalue weighted by Gasteiger charge is -2.24. The van der Waals surface area contributed by atoms with Crippen molar-refractivity contribution in [3.63, 3.8) is 0 Å². The predicted octanol–water partition coefficient (Wildman–Crippen LogP) is 4.69. The van der Waals surface area contributed by atoms with Crippen molar-refractivity contribution in [1.29, 1.82) is 0 Å². The summed E-state index contributed by atoms with van der Waals surface area (Å²) < 4.78 is 36.9. The maximum absolute atomic E-state index is 12.5. The quantitative estimate of drug-likeness (QED) is 0.262. The maximum Gasteiger partial charge on any atom is 0.271 e. The molecule has 0 unspecified atom stereocenters. The van der Waals surface area contributed by atoms with Gasteiger partial charge < -0.3 is 14.5 Å². The van der Waals surface area contributed by atoms with E-state index in [9.17, 15) is 23.3 Å². The minimum absolute atomic E-state index is 0.0292. The van der Waals surface area contributed by atoms with Gasteiger partial charge in [-0.2, -0.15) is 0 Å². The number of rotatable bonds is 9. The van der Waals surface area contributed by atoms with Crippen LogP contribution >= 0.6 is 0 Å². The molecule has 0 bridgehead atoms. The zero-order valence-electron chi connectivity index (χ0n) is 19.1. The fourth-order valence-corrected chi connectivity index (χ4v) is 4.82. The molecule has 1 aromatic heterocycles. The summed E-state index contributed by atoms with van der Waals surface area (Å²) >= 11 is 0. The average Bonchev–Trinajstić information content (AvgIpc) is 3.18. The van der Waals surface area contributed by atoms with Gasteiger partial charge in [0.15, 0.2) is 0 Å². The van der Waals surface area contributed by atoms with Crippen molar-refractivity contribution in [2.24, 2.45) is 0 Å². The molecule has 0 atom stereocenters. The average molecular weight is 498 g/mol. The van der Waals surface area contributed by atoms with E-state index in [1.54, 1.807) is 12.1 Å². The van der Waals surface area contributed by atoms with Crippen LogP contribution < -0.4 is 14.4 Å². The molecule has 0 aliphatic heterocycles. The number of carbonyl (C=O) groups is 1. The summed E-state index contributed by atoms with van der Waals surface area (Å²) in [5.41, 5.74) is 1.73. The molecule has 0 saturated heterocycles. The van der Waals surface area contributed by atoms with Crippen molar-refractivity contribution in [2.75, 3.05) is 29.5 Å². The summed E-state index contributed by atoms with van der Waals surface area (Å²) in [5.74, 6) is -0.135. The summed E-state index contributed by atoms with van der Waals surface area (Å²) in [7, 11) is -2.46. The van der Waals surface area contributed by atoms with Gasteiger partial charge in [-0.15, -0.1) is 0 Å². The normalized spacial score (nSPS) is 11.5. The molecule has 0 fully saturated rings. The fourth-order valence-electron chi connectivity index (χ4n) is 3.86. The number of benzene rings is 3. The summed E-state index contributed by atoms with van der Waals surface area (Å²) in [6.07, 6.45) is 1.20. The molecule has 1 N–H and O–H groups in total. The molecule has 11 heteroatoms. The molecule has 0 aliphatic rings. The van der Waals surface area contributed by atoms with Crippen LogP contribution in [-0.2, 0) is 14.8 Å². The molecule has 0 aliphatic carbocycles. The van der Waals surface area contributed by atoms with Gasteiger partial charge in [-0.1, -0.05) is 18.2 Å². The number of nitrogens with one attached hydrogen (secondary N) is 1. The van der Waals surface area contributed by atoms with Crippen molar-refractivity contribution in [1.82, 2.24) is 0 Å². The van der Waals surface area contributed by atoms with Crippen LogP contribution in [0.1, 0.15) is 12.8 Å². The Morgan fingerprint density at radius 3 is 2.54 bits per heavy atom. The van der Waals surface area contributed by atoms with Crippen molar-refractivity contribution < 1.29 is 27.3 Å². The summed E-state index contributed by atoms with van der Waals surface area (Å²) in [4.78, 5) is 23.1. The molecule has 35 heavy (non-hydrogen) atoms. The number of non-ortho nitro benzene ring substituents is 1. The Hall–Kier alpha value is -4.12.